The summed E-state index contributed by atoms with van der Waals surface area (Å²) in [5.41, 5.74) is 2.28. The van der Waals surface area contributed by atoms with Gasteiger partial charge >= 0.3 is 0 Å². The van der Waals surface area contributed by atoms with Gasteiger partial charge in [-0.05, 0) is 54.0 Å². The zero-order chi connectivity index (χ0) is 22.0. The Hall–Kier alpha value is -2.54. The quantitative estimate of drug-likeness (QED) is 0.705. The van der Waals surface area contributed by atoms with Gasteiger partial charge in [-0.3, -0.25) is 9.59 Å². The van der Waals surface area contributed by atoms with Crippen molar-refractivity contribution < 1.29 is 19.1 Å². The van der Waals surface area contributed by atoms with Crippen LogP contribution in [0.1, 0.15) is 48.2 Å². The molecule has 2 aromatic rings. The van der Waals surface area contributed by atoms with E-state index in [2.05, 4.69) is 11.4 Å². The predicted molar refractivity (Wildman–Crippen MR) is 121 cm³/mol. The number of carbonyl (C=O) groups is 2. The summed E-state index contributed by atoms with van der Waals surface area (Å²) in [5, 5.41) is 2.05. The molecule has 4 rings (SSSR count). The fourth-order valence-corrected chi connectivity index (χ4v) is 5.65. The minimum absolute atomic E-state index is 0.133. The topological polar surface area (TPSA) is 59.1 Å². The molecule has 1 fully saturated rings. The minimum Gasteiger partial charge on any atom is -0.493 e. The summed E-state index contributed by atoms with van der Waals surface area (Å²) in [6.07, 6.45) is 2.96. The SMILES string of the molecule is CCC(=O)N1CCCC(C(=O)N2CCc3cc(OC)c(OC)cc3C2c2cccs2)C1. The Morgan fingerprint density at radius 2 is 1.94 bits per heavy atom. The molecule has 166 valence electrons. The molecular formula is C24H30N2O4S. The van der Waals surface area contributed by atoms with Gasteiger partial charge in [-0.15, -0.1) is 11.3 Å². The number of likely N-dealkylation sites (tertiary alicyclic amines) is 1. The average Bonchev–Trinajstić information content (AvgIpc) is 3.35. The fourth-order valence-electron chi connectivity index (χ4n) is 4.80. The smallest absolute Gasteiger partial charge is 0.228 e. The third-order valence-electron chi connectivity index (χ3n) is 6.40. The Kier molecular flexibility index (Phi) is 6.51. The first kappa shape index (κ1) is 21.7. The van der Waals surface area contributed by atoms with E-state index in [1.807, 2.05) is 34.9 Å². The van der Waals surface area contributed by atoms with E-state index in [1.54, 1.807) is 25.6 Å². The minimum atomic E-state index is -0.145. The third-order valence-corrected chi connectivity index (χ3v) is 7.32. The number of ether oxygens (including phenoxy) is 2. The lowest BCUT2D eigenvalue weighted by Gasteiger charge is -2.41. The molecule has 6 nitrogen and oxygen atoms in total. The van der Waals surface area contributed by atoms with Crippen LogP contribution >= 0.6 is 11.3 Å². The molecule has 0 saturated carbocycles. The van der Waals surface area contributed by atoms with Crippen LogP contribution in [-0.4, -0.2) is 55.5 Å². The molecule has 0 radical (unpaired) electrons. The van der Waals surface area contributed by atoms with Gasteiger partial charge in [-0.25, -0.2) is 0 Å². The van der Waals surface area contributed by atoms with Crippen molar-refractivity contribution in [1.82, 2.24) is 9.80 Å². The largest absolute Gasteiger partial charge is 0.493 e. The van der Waals surface area contributed by atoms with Crippen LogP contribution in [0, 0.1) is 5.92 Å². The van der Waals surface area contributed by atoms with Gasteiger partial charge in [-0.2, -0.15) is 0 Å². The van der Waals surface area contributed by atoms with Gasteiger partial charge in [0.25, 0.3) is 0 Å². The number of carbonyl (C=O) groups excluding carboxylic acids is 2. The Balaban J connectivity index is 1.68. The lowest BCUT2D eigenvalue weighted by atomic mass is 9.88. The zero-order valence-corrected chi connectivity index (χ0v) is 19.2. The molecule has 31 heavy (non-hydrogen) atoms. The maximum atomic E-state index is 13.7. The van der Waals surface area contributed by atoms with Crippen LogP contribution in [0.5, 0.6) is 11.5 Å². The van der Waals surface area contributed by atoms with E-state index in [-0.39, 0.29) is 23.8 Å². The molecule has 2 atom stereocenters. The van der Waals surface area contributed by atoms with Crippen molar-refractivity contribution in [3.8, 4) is 11.5 Å². The second-order valence-corrected chi connectivity index (χ2v) is 9.12. The van der Waals surface area contributed by atoms with Gasteiger partial charge in [-0.1, -0.05) is 13.0 Å². The molecule has 2 amide bonds. The van der Waals surface area contributed by atoms with Crippen LogP contribution in [0.2, 0.25) is 0 Å². The van der Waals surface area contributed by atoms with Crippen LogP contribution in [0.15, 0.2) is 29.6 Å². The summed E-state index contributed by atoms with van der Waals surface area (Å²) in [7, 11) is 3.28. The molecule has 0 aliphatic carbocycles. The first-order valence-corrected chi connectivity index (χ1v) is 11.8. The number of benzene rings is 1. The number of amides is 2. The normalized spacial score (nSPS) is 20.9. The van der Waals surface area contributed by atoms with Gasteiger partial charge in [0, 0.05) is 30.9 Å². The highest BCUT2D eigenvalue weighted by atomic mass is 32.1. The first-order valence-electron chi connectivity index (χ1n) is 10.9. The summed E-state index contributed by atoms with van der Waals surface area (Å²) in [4.78, 5) is 31.0. The summed E-state index contributed by atoms with van der Waals surface area (Å²) < 4.78 is 11.1. The maximum Gasteiger partial charge on any atom is 0.228 e. The van der Waals surface area contributed by atoms with E-state index in [9.17, 15) is 9.59 Å². The highest BCUT2D eigenvalue weighted by molar-refractivity contribution is 7.10. The van der Waals surface area contributed by atoms with Gasteiger partial charge in [0.1, 0.15) is 0 Å². The predicted octanol–water partition coefficient (Wildman–Crippen LogP) is 3.89. The van der Waals surface area contributed by atoms with Gasteiger partial charge in [0.2, 0.25) is 11.8 Å². The number of fused-ring (bicyclic) bond motifs is 1. The second-order valence-electron chi connectivity index (χ2n) is 8.14. The lowest BCUT2D eigenvalue weighted by Crippen LogP contribution is -2.49. The number of piperidine rings is 1. The second kappa shape index (κ2) is 9.30. The third kappa shape index (κ3) is 4.15. The summed E-state index contributed by atoms with van der Waals surface area (Å²) in [6.45, 7) is 3.81. The molecule has 0 N–H and O–H groups in total. The molecule has 0 spiro atoms. The molecule has 3 heterocycles. The van der Waals surface area contributed by atoms with Crippen LogP contribution in [0.3, 0.4) is 0 Å². The summed E-state index contributed by atoms with van der Waals surface area (Å²) in [5.74, 6) is 1.52. The lowest BCUT2D eigenvalue weighted by molar-refractivity contribution is -0.142. The summed E-state index contributed by atoms with van der Waals surface area (Å²) >= 11 is 1.66. The Morgan fingerprint density at radius 3 is 2.61 bits per heavy atom. The first-order chi connectivity index (χ1) is 15.1. The van der Waals surface area contributed by atoms with E-state index in [1.165, 1.54) is 5.56 Å². The van der Waals surface area contributed by atoms with Gasteiger partial charge in [0.05, 0.1) is 26.2 Å². The van der Waals surface area contributed by atoms with E-state index in [0.29, 0.717) is 31.0 Å². The molecule has 0 bridgehead atoms. The van der Waals surface area contributed by atoms with Crippen LogP contribution in [0.4, 0.5) is 0 Å². The van der Waals surface area contributed by atoms with Crippen molar-refractivity contribution in [3.63, 3.8) is 0 Å². The number of rotatable bonds is 5. The highest BCUT2D eigenvalue weighted by Gasteiger charge is 2.38. The van der Waals surface area contributed by atoms with E-state index in [4.69, 9.17) is 9.47 Å². The molecule has 2 aliphatic heterocycles. The van der Waals surface area contributed by atoms with Crippen molar-refractivity contribution >= 4 is 23.2 Å². The van der Waals surface area contributed by atoms with Crippen LogP contribution < -0.4 is 9.47 Å². The zero-order valence-electron chi connectivity index (χ0n) is 18.4. The Bertz CT molecular complexity index is 943. The van der Waals surface area contributed by atoms with Crippen molar-refractivity contribution in [3.05, 3.63) is 45.6 Å². The molecular weight excluding hydrogens is 412 g/mol. The van der Waals surface area contributed by atoms with E-state index >= 15 is 0 Å². The van der Waals surface area contributed by atoms with Gasteiger partial charge < -0.3 is 19.3 Å². The highest BCUT2D eigenvalue weighted by Crippen LogP contribution is 2.43. The average molecular weight is 443 g/mol. The molecule has 2 aliphatic rings. The Labute approximate surface area is 187 Å². The standard InChI is InChI=1S/C24H30N2O4S/c1-4-22(27)25-10-5-7-17(15-25)24(28)26-11-9-16-13-19(29-2)20(30-3)14-18(16)23(26)21-8-6-12-31-21/h6,8,12-14,17,23H,4-5,7,9-11,15H2,1-3H3. The number of nitrogens with zero attached hydrogens (tertiary/aromatic N) is 2. The van der Waals surface area contributed by atoms with Crippen molar-refractivity contribution in [1.29, 1.82) is 0 Å². The monoisotopic (exact) mass is 442 g/mol. The number of hydrogen-bond donors (Lipinski definition) is 0. The molecule has 2 unspecified atom stereocenters. The number of methoxy groups -OCH3 is 2. The van der Waals surface area contributed by atoms with Crippen molar-refractivity contribution in [2.24, 2.45) is 5.92 Å². The number of thiophene rings is 1. The van der Waals surface area contributed by atoms with E-state index in [0.717, 1.165) is 36.2 Å². The maximum absolute atomic E-state index is 13.7. The van der Waals surface area contributed by atoms with Crippen LogP contribution in [-0.2, 0) is 16.0 Å². The molecule has 7 heteroatoms. The molecule has 1 aromatic heterocycles. The molecule has 1 aromatic carbocycles. The van der Waals surface area contributed by atoms with Crippen LogP contribution in [0.25, 0.3) is 0 Å². The van der Waals surface area contributed by atoms with E-state index < -0.39 is 0 Å². The number of hydrogen-bond acceptors (Lipinski definition) is 5. The fraction of sp³-hybridized carbons (Fsp3) is 0.500. The van der Waals surface area contributed by atoms with Crippen molar-refractivity contribution in [2.45, 2.75) is 38.6 Å². The summed E-state index contributed by atoms with van der Waals surface area (Å²) in [6, 6.07) is 8.04. The molecule has 1 saturated heterocycles. The van der Waals surface area contributed by atoms with Gasteiger partial charge in [0.15, 0.2) is 11.5 Å². The van der Waals surface area contributed by atoms with Crippen molar-refractivity contribution in [2.75, 3.05) is 33.9 Å². The Morgan fingerprint density at radius 1 is 1.16 bits per heavy atom.